The number of rotatable bonds is 6. The Bertz CT molecular complexity index is 581. The third kappa shape index (κ3) is 4.29. The van der Waals surface area contributed by atoms with Crippen LogP contribution in [0.2, 0.25) is 0 Å². The van der Waals surface area contributed by atoms with Crippen LogP contribution in [0.1, 0.15) is 42.1 Å². The van der Waals surface area contributed by atoms with Gasteiger partial charge in [0, 0.05) is 35.8 Å². The van der Waals surface area contributed by atoms with E-state index in [0.29, 0.717) is 12.1 Å². The SMILES string of the molecule is CC(C)Nc1ccccc1C(=O)NCC(C)c1nccs1. The van der Waals surface area contributed by atoms with Crippen molar-refractivity contribution in [3.63, 3.8) is 0 Å². The van der Waals surface area contributed by atoms with E-state index in [2.05, 4.69) is 36.4 Å². The topological polar surface area (TPSA) is 54.0 Å². The lowest BCUT2D eigenvalue weighted by molar-refractivity contribution is 0.0952. The minimum absolute atomic E-state index is 0.0536. The van der Waals surface area contributed by atoms with E-state index in [4.69, 9.17) is 0 Å². The second kappa shape index (κ2) is 7.22. The van der Waals surface area contributed by atoms with Gasteiger partial charge in [0.1, 0.15) is 0 Å². The highest BCUT2D eigenvalue weighted by atomic mass is 32.1. The second-order valence-electron chi connectivity index (χ2n) is 5.33. The number of nitrogens with one attached hydrogen (secondary N) is 2. The van der Waals surface area contributed by atoms with Crippen molar-refractivity contribution in [3.8, 4) is 0 Å². The molecule has 0 radical (unpaired) electrons. The minimum atomic E-state index is -0.0536. The lowest BCUT2D eigenvalue weighted by Gasteiger charge is -2.15. The Kier molecular flexibility index (Phi) is 5.33. The highest BCUT2D eigenvalue weighted by molar-refractivity contribution is 7.09. The summed E-state index contributed by atoms with van der Waals surface area (Å²) in [6.07, 6.45) is 1.79. The molecule has 2 N–H and O–H groups in total. The molecule has 112 valence electrons. The molecule has 0 aliphatic carbocycles. The number of anilines is 1. The van der Waals surface area contributed by atoms with E-state index in [1.165, 1.54) is 0 Å². The zero-order valence-corrected chi connectivity index (χ0v) is 13.4. The number of hydrogen-bond donors (Lipinski definition) is 2. The summed E-state index contributed by atoms with van der Waals surface area (Å²) in [6.45, 7) is 6.76. The van der Waals surface area contributed by atoms with Gasteiger partial charge in [-0.2, -0.15) is 0 Å². The largest absolute Gasteiger partial charge is 0.382 e. The molecule has 0 saturated carbocycles. The van der Waals surface area contributed by atoms with E-state index in [1.807, 2.05) is 29.6 Å². The highest BCUT2D eigenvalue weighted by Crippen LogP contribution is 2.18. The molecule has 0 fully saturated rings. The molecule has 1 atom stereocenters. The average molecular weight is 303 g/mol. The second-order valence-corrected chi connectivity index (χ2v) is 6.25. The Hall–Kier alpha value is -1.88. The number of aromatic nitrogens is 1. The van der Waals surface area contributed by atoms with Gasteiger partial charge >= 0.3 is 0 Å². The van der Waals surface area contributed by atoms with E-state index < -0.39 is 0 Å². The normalized spacial score (nSPS) is 12.2. The van der Waals surface area contributed by atoms with Gasteiger partial charge in [-0.25, -0.2) is 4.98 Å². The van der Waals surface area contributed by atoms with Gasteiger partial charge in [0.15, 0.2) is 0 Å². The molecule has 0 bridgehead atoms. The molecule has 1 amide bonds. The van der Waals surface area contributed by atoms with Gasteiger partial charge in [0.25, 0.3) is 5.91 Å². The van der Waals surface area contributed by atoms with Gasteiger partial charge in [-0.1, -0.05) is 19.1 Å². The van der Waals surface area contributed by atoms with E-state index in [-0.39, 0.29) is 17.9 Å². The molecule has 0 saturated heterocycles. The van der Waals surface area contributed by atoms with Gasteiger partial charge < -0.3 is 10.6 Å². The van der Waals surface area contributed by atoms with Gasteiger partial charge in [0.05, 0.1) is 10.6 Å². The summed E-state index contributed by atoms with van der Waals surface area (Å²) in [4.78, 5) is 16.6. The van der Waals surface area contributed by atoms with Gasteiger partial charge in [0.2, 0.25) is 0 Å². The van der Waals surface area contributed by atoms with Crippen molar-refractivity contribution in [1.29, 1.82) is 0 Å². The first kappa shape index (κ1) is 15.5. The molecule has 5 heteroatoms. The Balaban J connectivity index is 2.00. The van der Waals surface area contributed by atoms with Crippen LogP contribution < -0.4 is 10.6 Å². The summed E-state index contributed by atoms with van der Waals surface area (Å²) in [5, 5.41) is 9.29. The number of nitrogens with zero attached hydrogens (tertiary/aromatic N) is 1. The summed E-state index contributed by atoms with van der Waals surface area (Å²) in [5.41, 5.74) is 1.55. The monoisotopic (exact) mass is 303 g/mol. The highest BCUT2D eigenvalue weighted by Gasteiger charge is 2.14. The maximum atomic E-state index is 12.4. The Morgan fingerprint density at radius 1 is 1.29 bits per heavy atom. The summed E-state index contributed by atoms with van der Waals surface area (Å²) in [7, 11) is 0. The van der Waals surface area contributed by atoms with Crippen LogP contribution in [-0.2, 0) is 0 Å². The third-order valence-electron chi connectivity index (χ3n) is 3.06. The smallest absolute Gasteiger partial charge is 0.253 e. The van der Waals surface area contributed by atoms with Crippen molar-refractivity contribution >= 4 is 22.9 Å². The lowest BCUT2D eigenvalue weighted by atomic mass is 10.1. The van der Waals surface area contributed by atoms with Gasteiger partial charge in [-0.05, 0) is 26.0 Å². The van der Waals surface area contributed by atoms with Crippen LogP contribution in [-0.4, -0.2) is 23.5 Å². The molecular weight excluding hydrogens is 282 g/mol. The van der Waals surface area contributed by atoms with Crippen LogP contribution in [0.15, 0.2) is 35.8 Å². The quantitative estimate of drug-likeness (QED) is 0.859. The van der Waals surface area contributed by atoms with Crippen molar-refractivity contribution < 1.29 is 4.79 Å². The molecule has 4 nitrogen and oxygen atoms in total. The Labute approximate surface area is 129 Å². The van der Waals surface area contributed by atoms with Crippen molar-refractivity contribution in [2.24, 2.45) is 0 Å². The molecule has 1 aromatic heterocycles. The maximum Gasteiger partial charge on any atom is 0.253 e. The number of carbonyl (C=O) groups excluding carboxylic acids is 1. The van der Waals surface area contributed by atoms with Crippen molar-refractivity contribution in [1.82, 2.24) is 10.3 Å². The minimum Gasteiger partial charge on any atom is -0.382 e. The van der Waals surface area contributed by atoms with E-state index in [1.54, 1.807) is 17.5 Å². The third-order valence-corrected chi connectivity index (χ3v) is 4.06. The summed E-state index contributed by atoms with van der Waals surface area (Å²) < 4.78 is 0. The molecular formula is C16H21N3OS. The van der Waals surface area contributed by atoms with E-state index in [9.17, 15) is 4.79 Å². The zero-order valence-electron chi connectivity index (χ0n) is 12.6. The number of thiazole rings is 1. The molecule has 0 aliphatic rings. The van der Waals surface area contributed by atoms with Crippen LogP contribution >= 0.6 is 11.3 Å². The average Bonchev–Trinajstić information content (AvgIpc) is 2.98. The number of hydrogen-bond acceptors (Lipinski definition) is 4. The predicted molar refractivity (Wildman–Crippen MR) is 88.1 cm³/mol. The van der Waals surface area contributed by atoms with Crippen molar-refractivity contribution in [2.75, 3.05) is 11.9 Å². The molecule has 0 spiro atoms. The van der Waals surface area contributed by atoms with Crippen LogP contribution in [0.3, 0.4) is 0 Å². The first-order valence-corrected chi connectivity index (χ1v) is 7.99. The molecule has 1 aromatic carbocycles. The Morgan fingerprint density at radius 2 is 2.05 bits per heavy atom. The molecule has 1 heterocycles. The summed E-state index contributed by atoms with van der Waals surface area (Å²) in [6, 6.07) is 7.87. The zero-order chi connectivity index (χ0) is 15.2. The first-order valence-electron chi connectivity index (χ1n) is 7.11. The fourth-order valence-corrected chi connectivity index (χ4v) is 2.72. The van der Waals surface area contributed by atoms with E-state index in [0.717, 1.165) is 10.7 Å². The van der Waals surface area contributed by atoms with Crippen LogP contribution in [0, 0.1) is 0 Å². The molecule has 2 rings (SSSR count). The van der Waals surface area contributed by atoms with Crippen molar-refractivity contribution in [3.05, 3.63) is 46.4 Å². The fraction of sp³-hybridized carbons (Fsp3) is 0.375. The predicted octanol–water partition coefficient (Wildman–Crippen LogP) is 3.50. The summed E-state index contributed by atoms with van der Waals surface area (Å²) in [5.74, 6) is 0.168. The molecule has 2 aromatic rings. The fourth-order valence-electron chi connectivity index (χ4n) is 2.02. The van der Waals surface area contributed by atoms with Crippen LogP contribution in [0.25, 0.3) is 0 Å². The first-order chi connectivity index (χ1) is 10.1. The number of amides is 1. The number of carbonyl (C=O) groups is 1. The number of para-hydroxylation sites is 1. The number of benzene rings is 1. The van der Waals surface area contributed by atoms with Crippen LogP contribution in [0.4, 0.5) is 5.69 Å². The van der Waals surface area contributed by atoms with Crippen molar-refractivity contribution in [2.45, 2.75) is 32.7 Å². The van der Waals surface area contributed by atoms with Crippen LogP contribution in [0.5, 0.6) is 0 Å². The maximum absolute atomic E-state index is 12.4. The standard InChI is InChI=1S/C16H21N3OS/c1-11(2)19-14-7-5-4-6-13(14)15(20)18-10-12(3)16-17-8-9-21-16/h4-9,11-12,19H,10H2,1-3H3,(H,18,20). The van der Waals surface area contributed by atoms with Gasteiger partial charge in [-0.3, -0.25) is 4.79 Å². The molecule has 21 heavy (non-hydrogen) atoms. The molecule has 1 unspecified atom stereocenters. The Morgan fingerprint density at radius 3 is 2.71 bits per heavy atom. The molecule has 0 aliphatic heterocycles. The summed E-state index contributed by atoms with van der Waals surface area (Å²) >= 11 is 1.62. The van der Waals surface area contributed by atoms with E-state index >= 15 is 0 Å². The lowest BCUT2D eigenvalue weighted by Crippen LogP contribution is -2.28. The van der Waals surface area contributed by atoms with Gasteiger partial charge in [-0.15, -0.1) is 11.3 Å².